The molecule has 1 atom stereocenters. The Kier molecular flexibility index (Phi) is 5.36. The average Bonchev–Trinajstić information content (AvgIpc) is 3.23. The van der Waals surface area contributed by atoms with E-state index in [1.165, 1.54) is 0 Å². The van der Waals surface area contributed by atoms with Crippen molar-refractivity contribution in [2.24, 2.45) is 5.92 Å². The van der Waals surface area contributed by atoms with Crippen molar-refractivity contribution in [1.29, 1.82) is 0 Å². The van der Waals surface area contributed by atoms with Crippen molar-refractivity contribution in [3.05, 3.63) is 42.5 Å². The van der Waals surface area contributed by atoms with Gasteiger partial charge in [-0.1, -0.05) is 18.2 Å². The molecule has 30 heavy (non-hydrogen) atoms. The van der Waals surface area contributed by atoms with Crippen LogP contribution in [0.25, 0.3) is 11.0 Å². The number of imidazole rings is 1. The van der Waals surface area contributed by atoms with E-state index in [0.29, 0.717) is 18.3 Å². The van der Waals surface area contributed by atoms with Crippen LogP contribution in [0.2, 0.25) is 0 Å². The maximum absolute atomic E-state index is 6.11. The van der Waals surface area contributed by atoms with Crippen LogP contribution in [-0.4, -0.2) is 56.0 Å². The van der Waals surface area contributed by atoms with Gasteiger partial charge in [-0.25, -0.2) is 4.98 Å². The lowest BCUT2D eigenvalue weighted by molar-refractivity contribution is 0.0855. The maximum Gasteiger partial charge on any atom is 0.204 e. The highest BCUT2D eigenvalue weighted by Crippen LogP contribution is 2.39. The topological polar surface area (TPSA) is 71.6 Å². The zero-order chi connectivity index (χ0) is 20.3. The number of aromatic nitrogens is 2. The van der Waals surface area contributed by atoms with Crippen LogP contribution in [0.3, 0.4) is 0 Å². The number of hydrogen-bond acceptors (Lipinski definition) is 6. The summed E-state index contributed by atoms with van der Waals surface area (Å²) < 4.78 is 17.3. The Morgan fingerprint density at radius 1 is 1.13 bits per heavy atom. The molecule has 0 radical (unpaired) electrons. The lowest BCUT2D eigenvalue weighted by atomic mass is 9.97. The number of H-pyrrole nitrogens is 1. The fourth-order valence-electron chi connectivity index (χ4n) is 4.26. The number of nitrogens with zero attached hydrogens (tertiary/aromatic N) is 2. The van der Waals surface area contributed by atoms with E-state index < -0.39 is 0 Å². The number of ether oxygens (including phenoxy) is 3. The van der Waals surface area contributed by atoms with Crippen molar-refractivity contribution >= 4 is 17.0 Å². The first-order valence-electron chi connectivity index (χ1n) is 10.7. The third kappa shape index (κ3) is 3.89. The minimum absolute atomic E-state index is 0.00978. The number of piperidine rings is 1. The molecule has 7 heteroatoms. The Labute approximate surface area is 176 Å². The first-order valence-corrected chi connectivity index (χ1v) is 10.7. The Bertz CT molecular complexity index is 950. The Balaban J connectivity index is 1.08. The molecule has 2 aromatic carbocycles. The van der Waals surface area contributed by atoms with E-state index in [9.17, 15) is 0 Å². The van der Waals surface area contributed by atoms with E-state index in [4.69, 9.17) is 19.2 Å². The molecule has 0 bridgehead atoms. The third-order valence-corrected chi connectivity index (χ3v) is 5.97. The van der Waals surface area contributed by atoms with Crippen LogP contribution in [0, 0.1) is 5.92 Å². The number of para-hydroxylation sites is 3. The lowest BCUT2D eigenvalue weighted by Gasteiger charge is -2.32. The summed E-state index contributed by atoms with van der Waals surface area (Å²) in [6.45, 7) is 4.37. The number of rotatable bonds is 6. The van der Waals surface area contributed by atoms with Gasteiger partial charge in [-0.3, -0.25) is 0 Å². The molecule has 0 saturated carbocycles. The fourth-order valence-corrected chi connectivity index (χ4v) is 4.26. The fraction of sp³-hybridized carbons (Fsp3) is 0.435. The standard InChI is InChI=1S/C23H28N4O3/c1-28-20-7-4-8-21-22(20)30-17(15-29-21)14-24-13-16-9-11-27(12-10-16)23-25-18-5-2-3-6-19(18)26-23/h2-8,16-17,24H,9-15H2,1H3,(H,25,26). The zero-order valence-corrected chi connectivity index (χ0v) is 17.3. The second kappa shape index (κ2) is 8.44. The minimum Gasteiger partial charge on any atom is -0.493 e. The molecule has 1 fully saturated rings. The van der Waals surface area contributed by atoms with Gasteiger partial charge in [-0.05, 0) is 49.6 Å². The number of anilines is 1. The molecule has 0 amide bonds. The van der Waals surface area contributed by atoms with Crippen LogP contribution in [0.1, 0.15) is 12.8 Å². The number of hydrogen-bond donors (Lipinski definition) is 2. The number of methoxy groups -OCH3 is 1. The van der Waals surface area contributed by atoms with E-state index in [1.807, 2.05) is 30.3 Å². The zero-order valence-electron chi connectivity index (χ0n) is 17.3. The van der Waals surface area contributed by atoms with Crippen molar-refractivity contribution < 1.29 is 14.2 Å². The van der Waals surface area contributed by atoms with Gasteiger partial charge in [0.05, 0.1) is 18.1 Å². The molecule has 1 aromatic heterocycles. The van der Waals surface area contributed by atoms with Crippen LogP contribution < -0.4 is 24.4 Å². The van der Waals surface area contributed by atoms with Gasteiger partial charge in [0, 0.05) is 19.6 Å². The van der Waals surface area contributed by atoms with E-state index in [0.717, 1.165) is 67.5 Å². The van der Waals surface area contributed by atoms with Gasteiger partial charge in [0.1, 0.15) is 12.7 Å². The quantitative estimate of drug-likeness (QED) is 0.653. The molecule has 3 heterocycles. The van der Waals surface area contributed by atoms with E-state index in [-0.39, 0.29) is 6.10 Å². The largest absolute Gasteiger partial charge is 0.493 e. The Morgan fingerprint density at radius 2 is 2.00 bits per heavy atom. The van der Waals surface area contributed by atoms with Gasteiger partial charge in [-0.2, -0.15) is 0 Å². The summed E-state index contributed by atoms with van der Waals surface area (Å²) in [6.07, 6.45) is 2.30. The first kappa shape index (κ1) is 19.1. The highest BCUT2D eigenvalue weighted by atomic mass is 16.6. The summed E-state index contributed by atoms with van der Waals surface area (Å²) in [6, 6.07) is 13.9. The highest BCUT2D eigenvalue weighted by Gasteiger charge is 2.25. The van der Waals surface area contributed by atoms with Gasteiger partial charge in [0.2, 0.25) is 11.7 Å². The lowest BCUT2D eigenvalue weighted by Crippen LogP contribution is -2.42. The molecule has 2 aliphatic heterocycles. The van der Waals surface area contributed by atoms with Gasteiger partial charge in [0.15, 0.2) is 11.5 Å². The molecule has 1 saturated heterocycles. The van der Waals surface area contributed by atoms with Crippen LogP contribution in [0.4, 0.5) is 5.95 Å². The molecule has 5 rings (SSSR count). The molecule has 0 spiro atoms. The summed E-state index contributed by atoms with van der Waals surface area (Å²) in [5.41, 5.74) is 2.13. The van der Waals surface area contributed by atoms with Crippen LogP contribution in [0.5, 0.6) is 17.2 Å². The van der Waals surface area contributed by atoms with Gasteiger partial charge in [0.25, 0.3) is 0 Å². The third-order valence-electron chi connectivity index (χ3n) is 5.97. The summed E-state index contributed by atoms with van der Waals surface area (Å²) in [5, 5.41) is 3.58. The number of aromatic amines is 1. The average molecular weight is 409 g/mol. The normalized spacial score (nSPS) is 19.2. The van der Waals surface area contributed by atoms with Gasteiger partial charge in [-0.15, -0.1) is 0 Å². The number of nitrogens with one attached hydrogen (secondary N) is 2. The monoisotopic (exact) mass is 408 g/mol. The van der Waals surface area contributed by atoms with E-state index in [1.54, 1.807) is 7.11 Å². The van der Waals surface area contributed by atoms with Crippen LogP contribution >= 0.6 is 0 Å². The molecule has 3 aromatic rings. The van der Waals surface area contributed by atoms with Crippen LogP contribution in [0.15, 0.2) is 42.5 Å². The summed E-state index contributed by atoms with van der Waals surface area (Å²) in [5.74, 6) is 3.83. The number of benzene rings is 2. The molecular formula is C23H28N4O3. The molecule has 158 valence electrons. The van der Waals surface area contributed by atoms with Crippen molar-refractivity contribution in [2.75, 3.05) is 44.8 Å². The number of fused-ring (bicyclic) bond motifs is 2. The van der Waals surface area contributed by atoms with Crippen molar-refractivity contribution in [3.63, 3.8) is 0 Å². The molecule has 7 nitrogen and oxygen atoms in total. The molecular weight excluding hydrogens is 380 g/mol. The summed E-state index contributed by atoms with van der Waals surface area (Å²) in [7, 11) is 1.65. The second-order valence-corrected chi connectivity index (χ2v) is 8.00. The van der Waals surface area contributed by atoms with Crippen molar-refractivity contribution in [3.8, 4) is 17.2 Å². The smallest absolute Gasteiger partial charge is 0.204 e. The molecule has 2 N–H and O–H groups in total. The maximum atomic E-state index is 6.11. The highest BCUT2D eigenvalue weighted by molar-refractivity contribution is 5.77. The SMILES string of the molecule is COc1cccc2c1OC(CNCC1CCN(c3nc4ccccc4[nH]3)CC1)CO2. The van der Waals surface area contributed by atoms with E-state index in [2.05, 4.69) is 27.3 Å². The van der Waals surface area contributed by atoms with Crippen molar-refractivity contribution in [1.82, 2.24) is 15.3 Å². The first-order chi connectivity index (χ1) is 14.8. The van der Waals surface area contributed by atoms with Gasteiger partial charge < -0.3 is 29.4 Å². The van der Waals surface area contributed by atoms with Crippen molar-refractivity contribution in [2.45, 2.75) is 18.9 Å². The Morgan fingerprint density at radius 3 is 2.83 bits per heavy atom. The molecule has 2 aliphatic rings. The van der Waals surface area contributed by atoms with Gasteiger partial charge >= 0.3 is 0 Å². The van der Waals surface area contributed by atoms with Crippen LogP contribution in [-0.2, 0) is 0 Å². The minimum atomic E-state index is -0.00978. The van der Waals surface area contributed by atoms with E-state index >= 15 is 0 Å². The second-order valence-electron chi connectivity index (χ2n) is 8.00. The molecule has 1 unspecified atom stereocenters. The molecule has 0 aliphatic carbocycles. The summed E-state index contributed by atoms with van der Waals surface area (Å²) >= 11 is 0. The summed E-state index contributed by atoms with van der Waals surface area (Å²) in [4.78, 5) is 10.5. The predicted molar refractivity (Wildman–Crippen MR) is 117 cm³/mol. The predicted octanol–water partition coefficient (Wildman–Crippen LogP) is 3.22. The Hall–Kier alpha value is -2.93.